The predicted molar refractivity (Wildman–Crippen MR) is 109 cm³/mol. The van der Waals surface area contributed by atoms with Gasteiger partial charge in [0, 0.05) is 57.3 Å². The average molecular weight is 415 g/mol. The van der Waals surface area contributed by atoms with Gasteiger partial charge in [-0.25, -0.2) is 0 Å². The molecule has 162 valence electrons. The van der Waals surface area contributed by atoms with Crippen LogP contribution in [-0.4, -0.2) is 79.4 Å². The molecule has 4 rings (SSSR count). The fourth-order valence-electron chi connectivity index (χ4n) is 4.83. The van der Waals surface area contributed by atoms with E-state index < -0.39 is 0 Å². The van der Waals surface area contributed by atoms with Crippen molar-refractivity contribution in [3.8, 4) is 11.5 Å². The highest BCUT2D eigenvalue weighted by molar-refractivity contribution is 6.05. The monoisotopic (exact) mass is 415 g/mol. The zero-order valence-electron chi connectivity index (χ0n) is 17.6. The highest BCUT2D eigenvalue weighted by atomic mass is 16.5. The van der Waals surface area contributed by atoms with Crippen molar-refractivity contribution >= 4 is 17.7 Å². The normalized spacial score (nSPS) is 24.1. The topological polar surface area (TPSA) is 79.4 Å². The minimum Gasteiger partial charge on any atom is -0.497 e. The minimum atomic E-state index is -0.268. The van der Waals surface area contributed by atoms with Gasteiger partial charge >= 0.3 is 0 Å². The van der Waals surface area contributed by atoms with Crippen LogP contribution in [0.1, 0.15) is 24.8 Å². The number of imide groups is 1. The van der Waals surface area contributed by atoms with Crippen LogP contribution in [0.15, 0.2) is 18.2 Å². The van der Waals surface area contributed by atoms with E-state index in [1.54, 1.807) is 14.2 Å². The van der Waals surface area contributed by atoms with Crippen molar-refractivity contribution in [2.45, 2.75) is 25.8 Å². The molecule has 0 unspecified atom stereocenters. The summed E-state index contributed by atoms with van der Waals surface area (Å²) >= 11 is 0. The fourth-order valence-corrected chi connectivity index (χ4v) is 4.83. The smallest absolute Gasteiger partial charge is 0.234 e. The zero-order valence-corrected chi connectivity index (χ0v) is 17.6. The third-order valence-corrected chi connectivity index (χ3v) is 6.43. The highest BCUT2D eigenvalue weighted by Gasteiger charge is 2.51. The fraction of sp³-hybridized carbons (Fsp3) is 0.591. The number of ether oxygens (including phenoxy) is 2. The predicted octanol–water partition coefficient (Wildman–Crippen LogP) is 1.13. The molecule has 3 amide bonds. The van der Waals surface area contributed by atoms with Crippen LogP contribution in [0, 0.1) is 11.8 Å². The van der Waals surface area contributed by atoms with Crippen LogP contribution in [0.3, 0.4) is 0 Å². The Hall–Kier alpha value is -2.61. The van der Waals surface area contributed by atoms with Crippen molar-refractivity contribution < 1.29 is 23.9 Å². The summed E-state index contributed by atoms with van der Waals surface area (Å²) in [5.74, 6) is 0.970. The van der Waals surface area contributed by atoms with Gasteiger partial charge in [0.2, 0.25) is 17.7 Å². The molecule has 0 spiro atoms. The molecule has 0 aromatic heterocycles. The summed E-state index contributed by atoms with van der Waals surface area (Å²) in [5, 5.41) is 0. The quantitative estimate of drug-likeness (QED) is 0.593. The van der Waals surface area contributed by atoms with E-state index in [-0.39, 0.29) is 29.6 Å². The van der Waals surface area contributed by atoms with Crippen LogP contribution in [-0.2, 0) is 20.9 Å². The minimum absolute atomic E-state index is 0.0676. The Bertz CT molecular complexity index is 818. The van der Waals surface area contributed by atoms with Crippen LogP contribution in [0.2, 0.25) is 0 Å². The molecular weight excluding hydrogens is 386 g/mol. The Balaban J connectivity index is 1.33. The van der Waals surface area contributed by atoms with E-state index in [0.29, 0.717) is 45.6 Å². The molecule has 3 aliphatic rings. The molecule has 8 nitrogen and oxygen atoms in total. The van der Waals surface area contributed by atoms with E-state index in [0.717, 1.165) is 30.0 Å². The number of likely N-dealkylation sites (tertiary alicyclic amines) is 3. The van der Waals surface area contributed by atoms with Gasteiger partial charge in [0.25, 0.3) is 0 Å². The molecule has 0 saturated carbocycles. The molecule has 0 aliphatic carbocycles. The molecule has 3 aliphatic heterocycles. The maximum Gasteiger partial charge on any atom is 0.234 e. The van der Waals surface area contributed by atoms with Crippen molar-refractivity contribution in [3.63, 3.8) is 0 Å². The molecule has 8 heteroatoms. The maximum atomic E-state index is 12.9. The molecular formula is C22H29N3O5. The molecule has 2 atom stereocenters. The first-order valence-electron chi connectivity index (χ1n) is 10.6. The number of amides is 3. The molecule has 0 radical (unpaired) electrons. The summed E-state index contributed by atoms with van der Waals surface area (Å²) in [6, 6.07) is 5.69. The second-order valence-electron chi connectivity index (χ2n) is 8.25. The summed E-state index contributed by atoms with van der Waals surface area (Å²) in [6.45, 7) is 3.58. The summed E-state index contributed by atoms with van der Waals surface area (Å²) in [7, 11) is 3.24. The van der Waals surface area contributed by atoms with Gasteiger partial charge in [0.1, 0.15) is 11.5 Å². The molecule has 3 saturated heterocycles. The van der Waals surface area contributed by atoms with E-state index in [9.17, 15) is 14.4 Å². The van der Waals surface area contributed by atoms with Crippen molar-refractivity contribution in [1.82, 2.24) is 14.7 Å². The number of methoxy groups -OCH3 is 2. The molecule has 1 aromatic rings. The molecule has 1 aromatic carbocycles. The van der Waals surface area contributed by atoms with Crippen molar-refractivity contribution in [2.75, 3.05) is 46.9 Å². The Kier molecular flexibility index (Phi) is 5.94. The van der Waals surface area contributed by atoms with E-state index in [2.05, 4.69) is 4.90 Å². The van der Waals surface area contributed by atoms with E-state index >= 15 is 0 Å². The van der Waals surface area contributed by atoms with Gasteiger partial charge in [-0.2, -0.15) is 0 Å². The van der Waals surface area contributed by atoms with E-state index in [1.165, 1.54) is 4.90 Å². The van der Waals surface area contributed by atoms with Gasteiger partial charge in [-0.15, -0.1) is 0 Å². The Morgan fingerprint density at radius 3 is 2.33 bits per heavy atom. The average Bonchev–Trinajstić information content (AvgIpc) is 3.41. The van der Waals surface area contributed by atoms with Gasteiger partial charge in [0.15, 0.2) is 0 Å². The van der Waals surface area contributed by atoms with Crippen LogP contribution < -0.4 is 9.47 Å². The number of fused-ring (bicyclic) bond motifs is 1. The van der Waals surface area contributed by atoms with Crippen molar-refractivity contribution in [1.29, 1.82) is 0 Å². The van der Waals surface area contributed by atoms with Crippen LogP contribution in [0.25, 0.3) is 0 Å². The number of carbonyl (C=O) groups is 3. The second-order valence-corrected chi connectivity index (χ2v) is 8.25. The first-order valence-corrected chi connectivity index (χ1v) is 10.6. The lowest BCUT2D eigenvalue weighted by atomic mass is 10.00. The Morgan fingerprint density at radius 1 is 1.00 bits per heavy atom. The van der Waals surface area contributed by atoms with Crippen LogP contribution in [0.4, 0.5) is 0 Å². The zero-order chi connectivity index (χ0) is 21.3. The number of hydrogen-bond acceptors (Lipinski definition) is 6. The first kappa shape index (κ1) is 20.7. The summed E-state index contributed by atoms with van der Waals surface area (Å²) in [4.78, 5) is 42.8. The SMILES string of the molecule is COc1ccc(CN2C[C@@H]3C(=O)N(CCCN4CCCC4=O)C(=O)[C@@H]3C2)c(OC)c1. The summed E-state index contributed by atoms with van der Waals surface area (Å²) in [6.07, 6.45) is 2.16. The first-order chi connectivity index (χ1) is 14.5. The van der Waals surface area contributed by atoms with Crippen molar-refractivity contribution in [2.24, 2.45) is 11.8 Å². The lowest BCUT2D eigenvalue weighted by molar-refractivity contribution is -0.140. The number of carbonyl (C=O) groups excluding carboxylic acids is 3. The van der Waals surface area contributed by atoms with Gasteiger partial charge < -0.3 is 14.4 Å². The van der Waals surface area contributed by atoms with Gasteiger partial charge in [0.05, 0.1) is 26.1 Å². The van der Waals surface area contributed by atoms with Gasteiger partial charge in [-0.1, -0.05) is 6.07 Å². The van der Waals surface area contributed by atoms with E-state index in [4.69, 9.17) is 9.47 Å². The van der Waals surface area contributed by atoms with Crippen LogP contribution >= 0.6 is 0 Å². The molecule has 3 heterocycles. The molecule has 0 bridgehead atoms. The van der Waals surface area contributed by atoms with Crippen molar-refractivity contribution in [3.05, 3.63) is 23.8 Å². The molecule has 3 fully saturated rings. The number of nitrogens with zero attached hydrogens (tertiary/aromatic N) is 3. The largest absolute Gasteiger partial charge is 0.497 e. The Labute approximate surface area is 176 Å². The maximum absolute atomic E-state index is 12.9. The lowest BCUT2D eigenvalue weighted by Crippen LogP contribution is -2.38. The third-order valence-electron chi connectivity index (χ3n) is 6.43. The lowest BCUT2D eigenvalue weighted by Gasteiger charge is -2.22. The second kappa shape index (κ2) is 8.63. The molecule has 0 N–H and O–H groups in total. The number of benzene rings is 1. The Morgan fingerprint density at radius 2 is 1.73 bits per heavy atom. The summed E-state index contributed by atoms with van der Waals surface area (Å²) < 4.78 is 10.7. The van der Waals surface area contributed by atoms with Gasteiger partial charge in [-0.3, -0.25) is 24.2 Å². The highest BCUT2D eigenvalue weighted by Crippen LogP contribution is 2.35. The van der Waals surface area contributed by atoms with E-state index in [1.807, 2.05) is 23.1 Å². The number of hydrogen-bond donors (Lipinski definition) is 0. The summed E-state index contributed by atoms with van der Waals surface area (Å²) in [5.41, 5.74) is 1.00. The molecule has 30 heavy (non-hydrogen) atoms. The van der Waals surface area contributed by atoms with Gasteiger partial charge in [-0.05, 0) is 18.9 Å². The third kappa shape index (κ3) is 3.88. The van der Waals surface area contributed by atoms with Crippen LogP contribution in [0.5, 0.6) is 11.5 Å². The number of rotatable bonds is 8. The standard InChI is InChI=1S/C22H29N3O5/c1-29-16-7-6-15(19(11-16)30-2)12-23-13-17-18(14-23)22(28)25(21(17)27)10-4-9-24-8-3-5-20(24)26/h6-7,11,17-18H,3-5,8-10,12-14H2,1-2H3/t17-,18+.